The molecule has 4 atom stereocenters. The summed E-state index contributed by atoms with van der Waals surface area (Å²) in [4.78, 5) is 29.3. The molecular weight excluding hydrogens is 1060 g/mol. The zero-order valence-electron chi connectivity index (χ0n) is 46.9. The average Bonchev–Trinajstić information content (AvgIpc) is 4.24. The highest BCUT2D eigenvalue weighted by Crippen LogP contribution is 2.48. The van der Waals surface area contributed by atoms with Crippen LogP contribution in [0, 0.1) is 0 Å². The molecule has 11 aromatic rings. The van der Waals surface area contributed by atoms with Crippen LogP contribution in [-0.4, -0.2) is 94.9 Å². The predicted molar refractivity (Wildman–Crippen MR) is 319 cm³/mol. The Balaban J connectivity index is 1.00. The third-order valence-corrected chi connectivity index (χ3v) is 15.3. The van der Waals surface area contributed by atoms with Crippen LogP contribution >= 0.6 is 0 Å². The Morgan fingerprint density at radius 3 is 1.40 bits per heavy atom. The molecule has 12 rings (SSSR count). The first-order chi connectivity index (χ1) is 41.3. The Bertz CT molecular complexity index is 3790. The number of benzene rings is 6. The Hall–Kier alpha value is -10.0. The van der Waals surface area contributed by atoms with Gasteiger partial charge in [-0.25, -0.2) is 19.9 Å². The number of nitrogens with one attached hydrogen (secondary N) is 1. The first kappa shape index (κ1) is 54.6. The number of imidazole rings is 1. The molecule has 1 fully saturated rings. The van der Waals surface area contributed by atoms with Gasteiger partial charge in [-0.05, 0) is 106 Å². The zero-order valence-corrected chi connectivity index (χ0v) is 46.9. The van der Waals surface area contributed by atoms with Crippen molar-refractivity contribution < 1.29 is 37.9 Å². The zero-order chi connectivity index (χ0) is 57.5. The molecule has 0 bridgehead atoms. The van der Waals surface area contributed by atoms with Crippen molar-refractivity contribution in [3.05, 3.63) is 265 Å². The van der Waals surface area contributed by atoms with Gasteiger partial charge in [-0.15, -0.1) is 0 Å². The Morgan fingerprint density at radius 2 is 0.929 bits per heavy atom. The van der Waals surface area contributed by atoms with E-state index in [1.165, 1.54) is 6.33 Å². The fraction of sp³-hybridized carbons (Fsp3) is 0.176. The number of pyridine rings is 3. The molecule has 1 aliphatic heterocycles. The molecule has 420 valence electrons. The second kappa shape index (κ2) is 24.2. The van der Waals surface area contributed by atoms with Crippen molar-refractivity contribution in [2.75, 3.05) is 47.5 Å². The summed E-state index contributed by atoms with van der Waals surface area (Å²) in [5, 5.41) is 3.92. The standard InChI is InChI=1S/C68H60N8O8/c1-77-51-30-22-46(23-31-51)67(45-16-8-6-9-17-45,47-24-32-52(78-2)33-25-47)75-64-61-65(72-43-71-64)76(44-73-61)66-63(81-5)62(60(83-66)42-82-55-40-58(56-20-12-14-38-69-56)74-59(41-55)57-21-13-15-39-70-57)84-68(48-18-10-7-11-19-48,49-26-34-53(79-3)35-27-49)50-28-36-54(80-4)37-29-50/h6-41,43-44,60,62-63,66H,42H2,1-5H3,(H,71,72,75)/t60-,62-,63-,66-/m1/s1. The molecule has 16 nitrogen and oxygen atoms in total. The first-order valence-electron chi connectivity index (χ1n) is 27.3. The van der Waals surface area contributed by atoms with Gasteiger partial charge < -0.3 is 43.2 Å². The lowest BCUT2D eigenvalue weighted by Crippen LogP contribution is -2.46. The second-order valence-corrected chi connectivity index (χ2v) is 19.9. The van der Waals surface area contributed by atoms with E-state index in [-0.39, 0.29) is 6.61 Å². The van der Waals surface area contributed by atoms with Crippen molar-refractivity contribution in [1.29, 1.82) is 0 Å². The van der Waals surface area contributed by atoms with Crippen LogP contribution in [0.3, 0.4) is 0 Å². The molecule has 0 amide bonds. The minimum atomic E-state index is -1.30. The van der Waals surface area contributed by atoms with Crippen LogP contribution in [0.25, 0.3) is 33.9 Å². The molecule has 0 radical (unpaired) electrons. The van der Waals surface area contributed by atoms with E-state index in [0.29, 0.717) is 68.5 Å². The van der Waals surface area contributed by atoms with E-state index in [1.807, 2.05) is 162 Å². The SMILES string of the molecule is COc1ccc(C(Nc2ncnc3c2ncn3[C@@H]2O[C@H](COc3cc(-c4ccccn4)nc(-c4ccccn4)c3)[C@@H](OC(c3ccccc3)(c3ccc(OC)cc3)c3ccc(OC)cc3)[C@H]2OC)(c2ccccc2)c2ccc(OC)cc2)cc1. The molecule has 5 aromatic heterocycles. The number of nitrogens with zero attached hydrogens (tertiary/aromatic N) is 7. The van der Waals surface area contributed by atoms with Gasteiger partial charge in [-0.3, -0.25) is 14.5 Å². The molecule has 1 aliphatic rings. The molecule has 1 saturated heterocycles. The van der Waals surface area contributed by atoms with E-state index < -0.39 is 35.7 Å². The Kier molecular flexibility index (Phi) is 15.7. The van der Waals surface area contributed by atoms with Crippen LogP contribution in [-0.2, 0) is 25.4 Å². The van der Waals surface area contributed by atoms with Gasteiger partial charge in [0, 0.05) is 31.6 Å². The van der Waals surface area contributed by atoms with Gasteiger partial charge >= 0.3 is 0 Å². The minimum Gasteiger partial charge on any atom is -0.497 e. The molecule has 6 heterocycles. The molecule has 84 heavy (non-hydrogen) atoms. The van der Waals surface area contributed by atoms with Crippen molar-refractivity contribution in [3.63, 3.8) is 0 Å². The van der Waals surface area contributed by atoms with Crippen molar-refractivity contribution in [3.8, 4) is 51.5 Å². The summed E-state index contributed by atoms with van der Waals surface area (Å²) in [7, 11) is 8.27. The predicted octanol–water partition coefficient (Wildman–Crippen LogP) is 12.2. The molecule has 0 spiro atoms. The maximum atomic E-state index is 7.96. The number of anilines is 1. The van der Waals surface area contributed by atoms with Gasteiger partial charge in [-0.2, -0.15) is 0 Å². The van der Waals surface area contributed by atoms with Crippen LogP contribution in [0.2, 0.25) is 0 Å². The lowest BCUT2D eigenvalue weighted by molar-refractivity contribution is -0.117. The fourth-order valence-electron chi connectivity index (χ4n) is 11.1. The Morgan fingerprint density at radius 1 is 0.464 bits per heavy atom. The van der Waals surface area contributed by atoms with E-state index >= 15 is 0 Å². The number of methoxy groups -OCH3 is 5. The molecule has 0 unspecified atom stereocenters. The largest absolute Gasteiger partial charge is 0.497 e. The lowest BCUT2D eigenvalue weighted by atomic mass is 9.77. The number of fused-ring (bicyclic) bond motifs is 1. The molecule has 0 saturated carbocycles. The summed E-state index contributed by atoms with van der Waals surface area (Å²) in [6, 6.07) is 67.3. The van der Waals surface area contributed by atoms with Gasteiger partial charge in [0.2, 0.25) is 0 Å². The fourth-order valence-corrected chi connectivity index (χ4v) is 11.1. The van der Waals surface area contributed by atoms with Crippen LogP contribution < -0.4 is 29.0 Å². The third kappa shape index (κ3) is 10.5. The molecule has 16 heteroatoms. The summed E-state index contributed by atoms with van der Waals surface area (Å²) in [6.45, 7) is -0.0117. The van der Waals surface area contributed by atoms with Crippen LogP contribution in [0.1, 0.15) is 39.6 Å². The number of hydrogen-bond acceptors (Lipinski definition) is 15. The normalized spacial score (nSPS) is 16.0. The highest BCUT2D eigenvalue weighted by molar-refractivity contribution is 5.84. The number of rotatable bonds is 21. The average molecular weight is 1120 g/mol. The Labute approximate surface area is 486 Å². The lowest BCUT2D eigenvalue weighted by Gasteiger charge is -2.40. The van der Waals surface area contributed by atoms with Crippen molar-refractivity contribution >= 4 is 17.0 Å². The first-order valence-corrected chi connectivity index (χ1v) is 27.3. The van der Waals surface area contributed by atoms with Gasteiger partial charge in [0.15, 0.2) is 23.2 Å². The van der Waals surface area contributed by atoms with Crippen molar-refractivity contribution in [1.82, 2.24) is 34.5 Å². The molecule has 6 aromatic carbocycles. The van der Waals surface area contributed by atoms with E-state index in [9.17, 15) is 0 Å². The molecule has 0 aliphatic carbocycles. The van der Waals surface area contributed by atoms with E-state index in [2.05, 4.69) is 63.8 Å². The highest BCUT2D eigenvalue weighted by Gasteiger charge is 2.53. The second-order valence-electron chi connectivity index (χ2n) is 19.9. The topological polar surface area (TPSA) is 168 Å². The van der Waals surface area contributed by atoms with E-state index in [0.717, 1.165) is 33.4 Å². The van der Waals surface area contributed by atoms with Gasteiger partial charge in [-0.1, -0.05) is 121 Å². The van der Waals surface area contributed by atoms with Crippen LogP contribution in [0.4, 0.5) is 5.82 Å². The summed E-state index contributed by atoms with van der Waals surface area (Å²) in [6.07, 6.45) is 3.30. The van der Waals surface area contributed by atoms with E-state index in [1.54, 1.807) is 54.3 Å². The monoisotopic (exact) mass is 1120 g/mol. The third-order valence-electron chi connectivity index (χ3n) is 15.3. The van der Waals surface area contributed by atoms with E-state index in [4.69, 9.17) is 57.8 Å². The maximum absolute atomic E-state index is 7.96. The van der Waals surface area contributed by atoms with Gasteiger partial charge in [0.05, 0.1) is 57.5 Å². The van der Waals surface area contributed by atoms with Crippen molar-refractivity contribution in [2.24, 2.45) is 0 Å². The summed E-state index contributed by atoms with van der Waals surface area (Å²) < 4.78 is 53.6. The van der Waals surface area contributed by atoms with Crippen LogP contribution in [0.15, 0.2) is 231 Å². The molecule has 1 N–H and O–H groups in total. The molecular formula is C68H60N8O8. The number of ether oxygens (including phenoxy) is 8. The quantitative estimate of drug-likeness (QED) is 0.0674. The summed E-state index contributed by atoms with van der Waals surface area (Å²) in [5.74, 6) is 3.77. The highest BCUT2D eigenvalue weighted by atomic mass is 16.6. The number of aromatic nitrogens is 7. The van der Waals surface area contributed by atoms with Gasteiger partial charge in [0.25, 0.3) is 0 Å². The van der Waals surface area contributed by atoms with Crippen molar-refractivity contribution in [2.45, 2.75) is 35.7 Å². The number of hydrogen-bond donors (Lipinski definition) is 1. The smallest absolute Gasteiger partial charge is 0.167 e. The maximum Gasteiger partial charge on any atom is 0.167 e. The van der Waals surface area contributed by atoms with Crippen LogP contribution in [0.5, 0.6) is 28.7 Å². The summed E-state index contributed by atoms with van der Waals surface area (Å²) >= 11 is 0. The summed E-state index contributed by atoms with van der Waals surface area (Å²) in [5.41, 5.74) is 6.42. The minimum absolute atomic E-state index is 0.0117. The van der Waals surface area contributed by atoms with Gasteiger partial charge in [0.1, 0.15) is 71.1 Å².